The van der Waals surface area contributed by atoms with Gasteiger partial charge in [-0.1, -0.05) is 6.92 Å². The largest absolute Gasteiger partial charge is 0.472 e. The van der Waals surface area contributed by atoms with Crippen molar-refractivity contribution >= 4 is 11.8 Å². The number of nitrogens with zero attached hydrogens (tertiary/aromatic N) is 1. The summed E-state index contributed by atoms with van der Waals surface area (Å²) in [5, 5.41) is 5.63. The van der Waals surface area contributed by atoms with Crippen molar-refractivity contribution in [3.05, 3.63) is 24.2 Å². The minimum Gasteiger partial charge on any atom is -0.472 e. The number of hydrogen-bond donors (Lipinski definition) is 2. The molecule has 1 aromatic rings. The summed E-state index contributed by atoms with van der Waals surface area (Å²) in [5.74, 6) is 0.0935. The Labute approximate surface area is 137 Å². The van der Waals surface area contributed by atoms with Gasteiger partial charge in [-0.05, 0) is 57.8 Å². The molecule has 1 aliphatic heterocycles. The molecule has 2 amide bonds. The molecule has 0 saturated carbocycles. The highest BCUT2D eigenvalue weighted by Gasteiger charge is 2.21. The lowest BCUT2D eigenvalue weighted by molar-refractivity contribution is -0.122. The predicted octanol–water partition coefficient (Wildman–Crippen LogP) is 1.64. The standard InChI is InChI=1S/C17H27N3O3/c1-3-7-20-8-4-14(5-9-20)11-18-16(21)13(2)19-17(22)15-6-10-23-12-15/h6,10,12-14H,3-5,7-9,11H2,1-2H3,(H,18,21)(H,19,22). The quantitative estimate of drug-likeness (QED) is 0.800. The van der Waals surface area contributed by atoms with Crippen LogP contribution in [0.2, 0.25) is 0 Å². The van der Waals surface area contributed by atoms with Crippen LogP contribution in [0.1, 0.15) is 43.5 Å². The molecule has 6 nitrogen and oxygen atoms in total. The normalized spacial score (nSPS) is 17.7. The molecule has 128 valence electrons. The third-order valence-electron chi connectivity index (χ3n) is 4.34. The number of nitrogens with one attached hydrogen (secondary N) is 2. The molecule has 0 radical (unpaired) electrons. The fraction of sp³-hybridized carbons (Fsp3) is 0.647. The zero-order valence-corrected chi connectivity index (χ0v) is 14.0. The third-order valence-corrected chi connectivity index (χ3v) is 4.34. The Morgan fingerprint density at radius 3 is 2.74 bits per heavy atom. The van der Waals surface area contributed by atoms with Gasteiger partial charge in [0.15, 0.2) is 0 Å². The Balaban J connectivity index is 1.67. The van der Waals surface area contributed by atoms with Crippen LogP contribution in [-0.2, 0) is 4.79 Å². The molecule has 6 heteroatoms. The van der Waals surface area contributed by atoms with Crippen LogP contribution in [0, 0.1) is 5.92 Å². The molecular formula is C17H27N3O3. The lowest BCUT2D eigenvalue weighted by Crippen LogP contribution is -2.47. The summed E-state index contributed by atoms with van der Waals surface area (Å²) in [6, 6.07) is 1.02. The van der Waals surface area contributed by atoms with Gasteiger partial charge in [0.25, 0.3) is 5.91 Å². The van der Waals surface area contributed by atoms with Crippen molar-refractivity contribution in [3.63, 3.8) is 0 Å². The first-order chi connectivity index (χ1) is 11.1. The number of piperidine rings is 1. The second-order valence-electron chi connectivity index (χ2n) is 6.24. The van der Waals surface area contributed by atoms with Gasteiger partial charge in [-0.25, -0.2) is 0 Å². The van der Waals surface area contributed by atoms with Crippen molar-refractivity contribution in [2.75, 3.05) is 26.2 Å². The summed E-state index contributed by atoms with van der Waals surface area (Å²) < 4.78 is 4.87. The number of furan rings is 1. The van der Waals surface area contributed by atoms with Crippen molar-refractivity contribution in [1.82, 2.24) is 15.5 Å². The predicted molar refractivity (Wildman–Crippen MR) is 88.1 cm³/mol. The van der Waals surface area contributed by atoms with Gasteiger partial charge >= 0.3 is 0 Å². The summed E-state index contributed by atoms with van der Waals surface area (Å²) in [7, 11) is 0. The van der Waals surface area contributed by atoms with Crippen molar-refractivity contribution in [1.29, 1.82) is 0 Å². The van der Waals surface area contributed by atoms with Crippen LogP contribution in [-0.4, -0.2) is 48.9 Å². The van der Waals surface area contributed by atoms with Gasteiger partial charge in [0.1, 0.15) is 12.3 Å². The second kappa shape index (κ2) is 8.72. The van der Waals surface area contributed by atoms with E-state index in [0.29, 0.717) is 18.0 Å². The average molecular weight is 321 g/mol. The highest BCUT2D eigenvalue weighted by atomic mass is 16.3. The van der Waals surface area contributed by atoms with Gasteiger partial charge in [0.05, 0.1) is 11.8 Å². The summed E-state index contributed by atoms with van der Waals surface area (Å²) in [6.45, 7) is 7.96. The molecule has 1 aromatic heterocycles. The van der Waals surface area contributed by atoms with E-state index in [1.54, 1.807) is 13.0 Å². The van der Waals surface area contributed by atoms with E-state index in [2.05, 4.69) is 22.5 Å². The van der Waals surface area contributed by atoms with Gasteiger partial charge in [-0.15, -0.1) is 0 Å². The lowest BCUT2D eigenvalue weighted by atomic mass is 9.96. The molecule has 2 heterocycles. The minimum absolute atomic E-state index is 0.141. The van der Waals surface area contributed by atoms with Crippen LogP contribution in [0.4, 0.5) is 0 Å². The molecule has 1 fully saturated rings. The first-order valence-electron chi connectivity index (χ1n) is 8.43. The van der Waals surface area contributed by atoms with Gasteiger partial charge in [0.2, 0.25) is 5.91 Å². The Morgan fingerprint density at radius 2 is 2.13 bits per heavy atom. The van der Waals surface area contributed by atoms with Crippen LogP contribution in [0.5, 0.6) is 0 Å². The van der Waals surface area contributed by atoms with E-state index in [-0.39, 0.29) is 11.8 Å². The number of carbonyl (C=O) groups excluding carboxylic acids is 2. The van der Waals surface area contributed by atoms with Gasteiger partial charge < -0.3 is 20.0 Å². The van der Waals surface area contributed by atoms with E-state index in [1.165, 1.54) is 18.9 Å². The molecule has 0 aliphatic carbocycles. The smallest absolute Gasteiger partial charge is 0.255 e. The number of amides is 2. The first-order valence-corrected chi connectivity index (χ1v) is 8.43. The maximum atomic E-state index is 12.1. The van der Waals surface area contributed by atoms with E-state index in [1.807, 2.05) is 0 Å². The molecule has 2 rings (SSSR count). The summed E-state index contributed by atoms with van der Waals surface area (Å²) in [5.41, 5.74) is 0.424. The monoisotopic (exact) mass is 321 g/mol. The second-order valence-corrected chi connectivity index (χ2v) is 6.24. The molecule has 23 heavy (non-hydrogen) atoms. The van der Waals surface area contributed by atoms with Crippen molar-refractivity contribution in [2.24, 2.45) is 5.92 Å². The Bertz CT molecular complexity index is 493. The van der Waals surface area contributed by atoms with Crippen LogP contribution < -0.4 is 10.6 Å². The van der Waals surface area contributed by atoms with Crippen LogP contribution in [0.15, 0.2) is 23.0 Å². The van der Waals surface area contributed by atoms with Crippen molar-refractivity contribution in [2.45, 2.75) is 39.2 Å². The van der Waals surface area contributed by atoms with E-state index in [0.717, 1.165) is 32.5 Å². The van der Waals surface area contributed by atoms with Crippen molar-refractivity contribution in [3.8, 4) is 0 Å². The Hall–Kier alpha value is -1.82. The highest BCUT2D eigenvalue weighted by Crippen LogP contribution is 2.16. The third kappa shape index (κ3) is 5.39. The maximum absolute atomic E-state index is 12.1. The number of likely N-dealkylation sites (tertiary alicyclic amines) is 1. The van der Waals surface area contributed by atoms with Crippen LogP contribution in [0.3, 0.4) is 0 Å². The first kappa shape index (κ1) is 17.5. The molecule has 0 spiro atoms. The van der Waals surface area contributed by atoms with E-state index in [4.69, 9.17) is 4.42 Å². The zero-order valence-electron chi connectivity index (χ0n) is 14.0. The Morgan fingerprint density at radius 1 is 1.39 bits per heavy atom. The Kier molecular flexibility index (Phi) is 6.65. The molecule has 1 unspecified atom stereocenters. The number of hydrogen-bond acceptors (Lipinski definition) is 4. The van der Waals surface area contributed by atoms with Crippen LogP contribution >= 0.6 is 0 Å². The fourth-order valence-corrected chi connectivity index (χ4v) is 2.87. The lowest BCUT2D eigenvalue weighted by Gasteiger charge is -2.31. The van der Waals surface area contributed by atoms with Gasteiger partial charge in [0, 0.05) is 6.54 Å². The summed E-state index contributed by atoms with van der Waals surface area (Å²) >= 11 is 0. The number of carbonyl (C=O) groups is 2. The van der Waals surface area contributed by atoms with Gasteiger partial charge in [-0.3, -0.25) is 9.59 Å². The zero-order chi connectivity index (χ0) is 16.7. The van der Waals surface area contributed by atoms with Gasteiger partial charge in [-0.2, -0.15) is 0 Å². The molecule has 1 atom stereocenters. The molecule has 0 bridgehead atoms. The van der Waals surface area contributed by atoms with Crippen molar-refractivity contribution < 1.29 is 14.0 Å². The highest BCUT2D eigenvalue weighted by molar-refractivity contribution is 5.97. The van der Waals surface area contributed by atoms with E-state index < -0.39 is 6.04 Å². The molecule has 2 N–H and O–H groups in total. The van der Waals surface area contributed by atoms with E-state index in [9.17, 15) is 9.59 Å². The maximum Gasteiger partial charge on any atom is 0.255 e. The number of rotatable bonds is 7. The molecule has 1 aliphatic rings. The topological polar surface area (TPSA) is 74.6 Å². The summed E-state index contributed by atoms with van der Waals surface area (Å²) in [6.07, 6.45) is 6.23. The van der Waals surface area contributed by atoms with E-state index >= 15 is 0 Å². The molecule has 1 saturated heterocycles. The molecular weight excluding hydrogens is 294 g/mol. The fourth-order valence-electron chi connectivity index (χ4n) is 2.87. The SMILES string of the molecule is CCCN1CCC(CNC(=O)C(C)NC(=O)c2ccoc2)CC1. The summed E-state index contributed by atoms with van der Waals surface area (Å²) in [4.78, 5) is 26.4. The van der Waals surface area contributed by atoms with Crippen LogP contribution in [0.25, 0.3) is 0 Å². The average Bonchev–Trinajstić information content (AvgIpc) is 3.08. The molecule has 0 aromatic carbocycles. The minimum atomic E-state index is -0.558.